The van der Waals surface area contributed by atoms with Crippen LogP contribution in [0.1, 0.15) is 87.3 Å². The molecule has 2 aliphatic carbocycles. The second kappa shape index (κ2) is 8.67. The molecular weight excluding hydrogens is 352 g/mol. The van der Waals surface area contributed by atoms with E-state index in [4.69, 9.17) is 0 Å². The summed E-state index contributed by atoms with van der Waals surface area (Å²) >= 11 is 0. The average Bonchev–Trinajstić information content (AvgIpc) is 3.55. The molecule has 0 amide bonds. The second-order valence-corrected chi connectivity index (χ2v) is 9.20. The number of aryl methyl sites for hydroxylation is 3. The summed E-state index contributed by atoms with van der Waals surface area (Å²) in [5.41, 5.74) is 3.31. The van der Waals surface area contributed by atoms with E-state index in [-0.39, 0.29) is 10.8 Å². The van der Waals surface area contributed by atoms with Crippen LogP contribution in [0.4, 0.5) is 0 Å². The lowest BCUT2D eigenvalue weighted by Gasteiger charge is -2.11. The minimum Gasteiger partial charge on any atom is -0.481 e. The summed E-state index contributed by atoms with van der Waals surface area (Å²) in [5, 5.41) is 18.5. The predicted octanol–water partition coefficient (Wildman–Crippen LogP) is 5.54. The third-order valence-electron chi connectivity index (χ3n) is 6.99. The average molecular weight is 387 g/mol. The number of aliphatic carboxylic acids is 2. The van der Waals surface area contributed by atoms with Gasteiger partial charge >= 0.3 is 11.9 Å². The highest BCUT2D eigenvalue weighted by atomic mass is 16.4. The molecule has 0 spiro atoms. The summed E-state index contributed by atoms with van der Waals surface area (Å²) in [5.74, 6) is -1.21. The van der Waals surface area contributed by atoms with Crippen LogP contribution in [-0.2, 0) is 22.4 Å². The monoisotopic (exact) mass is 386 g/mol. The van der Waals surface area contributed by atoms with Crippen LogP contribution in [0.15, 0.2) is 18.2 Å². The number of unbranched alkanes of at least 4 members (excludes halogenated alkanes) is 3. The number of carboxylic acid groups (broad SMARTS) is 2. The van der Waals surface area contributed by atoms with Gasteiger partial charge in [0.25, 0.3) is 0 Å². The Hall–Kier alpha value is -1.84. The van der Waals surface area contributed by atoms with Gasteiger partial charge in [-0.1, -0.05) is 37.5 Å². The molecule has 1 aromatic rings. The summed E-state index contributed by atoms with van der Waals surface area (Å²) in [6.45, 7) is 2.17. The van der Waals surface area contributed by atoms with Crippen molar-refractivity contribution in [3.63, 3.8) is 0 Å². The molecule has 2 N–H and O–H groups in total. The van der Waals surface area contributed by atoms with E-state index in [1.165, 1.54) is 16.7 Å². The molecule has 1 aromatic carbocycles. The van der Waals surface area contributed by atoms with Crippen LogP contribution in [0.2, 0.25) is 0 Å². The lowest BCUT2D eigenvalue weighted by Crippen LogP contribution is -2.14. The molecule has 154 valence electrons. The summed E-state index contributed by atoms with van der Waals surface area (Å²) in [6.07, 6.45) is 12.5. The Balaban J connectivity index is 1.33. The molecule has 3 rings (SSSR count). The predicted molar refractivity (Wildman–Crippen MR) is 110 cm³/mol. The number of benzene rings is 1. The van der Waals surface area contributed by atoms with E-state index in [0.29, 0.717) is 0 Å². The van der Waals surface area contributed by atoms with E-state index in [1.807, 2.05) is 0 Å². The molecule has 2 fully saturated rings. The molecule has 2 aliphatic rings. The van der Waals surface area contributed by atoms with Crippen molar-refractivity contribution in [3.8, 4) is 0 Å². The van der Waals surface area contributed by atoms with Gasteiger partial charge in [0.05, 0.1) is 10.8 Å². The zero-order valence-electron chi connectivity index (χ0n) is 17.1. The quantitative estimate of drug-likeness (QED) is 0.436. The molecule has 0 aromatic heterocycles. The van der Waals surface area contributed by atoms with Crippen molar-refractivity contribution in [1.82, 2.24) is 0 Å². The van der Waals surface area contributed by atoms with E-state index in [2.05, 4.69) is 25.1 Å². The summed E-state index contributed by atoms with van der Waals surface area (Å²) < 4.78 is 0. The minimum absolute atomic E-state index is 0.373. The van der Waals surface area contributed by atoms with Crippen LogP contribution in [0.3, 0.4) is 0 Å². The van der Waals surface area contributed by atoms with Gasteiger partial charge in [-0.15, -0.1) is 0 Å². The van der Waals surface area contributed by atoms with Gasteiger partial charge in [-0.05, 0) is 87.8 Å². The first-order valence-corrected chi connectivity index (χ1v) is 10.9. The normalized spacial score (nSPS) is 18.6. The lowest BCUT2D eigenvalue weighted by atomic mass is 9.94. The molecule has 28 heavy (non-hydrogen) atoms. The van der Waals surface area contributed by atoms with E-state index in [1.54, 1.807) is 0 Å². The number of hydrogen-bond donors (Lipinski definition) is 2. The molecule has 0 heterocycles. The SMILES string of the molecule is Cc1cc(CCCCCC2(C(=O)O)CC2)ccc1CCCCC1(C(=O)O)CC1. The topological polar surface area (TPSA) is 74.6 Å². The molecule has 0 unspecified atom stereocenters. The van der Waals surface area contributed by atoms with Crippen molar-refractivity contribution in [3.05, 3.63) is 34.9 Å². The number of carboxylic acids is 2. The molecule has 4 heteroatoms. The van der Waals surface area contributed by atoms with Gasteiger partial charge < -0.3 is 10.2 Å². The largest absolute Gasteiger partial charge is 0.481 e. The smallest absolute Gasteiger partial charge is 0.309 e. The molecule has 0 bridgehead atoms. The van der Waals surface area contributed by atoms with Gasteiger partial charge in [-0.2, -0.15) is 0 Å². The maximum atomic E-state index is 11.2. The molecule has 2 saturated carbocycles. The van der Waals surface area contributed by atoms with Crippen molar-refractivity contribution < 1.29 is 19.8 Å². The number of rotatable bonds is 13. The first-order valence-electron chi connectivity index (χ1n) is 10.9. The Labute approximate surface area is 168 Å². The fourth-order valence-electron chi connectivity index (χ4n) is 4.39. The number of carbonyl (C=O) groups is 2. The van der Waals surface area contributed by atoms with E-state index < -0.39 is 11.9 Å². The van der Waals surface area contributed by atoms with Crippen molar-refractivity contribution >= 4 is 11.9 Å². The zero-order valence-corrected chi connectivity index (χ0v) is 17.1. The Morgan fingerprint density at radius 3 is 1.86 bits per heavy atom. The van der Waals surface area contributed by atoms with Crippen molar-refractivity contribution in [2.45, 2.75) is 90.4 Å². The summed E-state index contributed by atoms with van der Waals surface area (Å²) in [4.78, 5) is 22.4. The van der Waals surface area contributed by atoms with Crippen LogP contribution in [0.5, 0.6) is 0 Å². The first kappa shape index (κ1) is 20.9. The molecule has 0 atom stereocenters. The highest BCUT2D eigenvalue weighted by Crippen LogP contribution is 2.50. The number of hydrogen-bond acceptors (Lipinski definition) is 2. The van der Waals surface area contributed by atoms with Crippen molar-refractivity contribution in [1.29, 1.82) is 0 Å². The van der Waals surface area contributed by atoms with Crippen LogP contribution >= 0.6 is 0 Å². The van der Waals surface area contributed by atoms with Gasteiger partial charge in [0.2, 0.25) is 0 Å². The Morgan fingerprint density at radius 2 is 1.36 bits per heavy atom. The Morgan fingerprint density at radius 1 is 0.821 bits per heavy atom. The molecular formula is C24H34O4. The van der Waals surface area contributed by atoms with Crippen LogP contribution in [-0.4, -0.2) is 22.2 Å². The van der Waals surface area contributed by atoms with Crippen molar-refractivity contribution in [2.75, 3.05) is 0 Å². The highest BCUT2D eigenvalue weighted by Gasteiger charge is 2.49. The fourth-order valence-corrected chi connectivity index (χ4v) is 4.39. The van der Waals surface area contributed by atoms with E-state index in [9.17, 15) is 19.8 Å². The van der Waals surface area contributed by atoms with Gasteiger partial charge in [-0.25, -0.2) is 0 Å². The highest BCUT2D eigenvalue weighted by molar-refractivity contribution is 5.78. The van der Waals surface area contributed by atoms with Crippen molar-refractivity contribution in [2.24, 2.45) is 10.8 Å². The maximum Gasteiger partial charge on any atom is 0.309 e. The molecule has 0 aliphatic heterocycles. The molecule has 0 saturated heterocycles. The zero-order chi connectivity index (χ0) is 20.2. The third-order valence-corrected chi connectivity index (χ3v) is 6.99. The Bertz CT molecular complexity index is 713. The van der Waals surface area contributed by atoms with Crippen LogP contribution in [0, 0.1) is 17.8 Å². The maximum absolute atomic E-state index is 11.2. The van der Waals surface area contributed by atoms with Gasteiger partial charge in [0.15, 0.2) is 0 Å². The summed E-state index contributed by atoms with van der Waals surface area (Å²) in [7, 11) is 0. The standard InChI is InChI=1S/C24H34O4/c1-18-17-19(7-3-2-5-11-23(13-14-23)21(25)26)9-10-20(18)8-4-6-12-24(15-16-24)22(27)28/h9-10,17H,2-8,11-16H2,1H3,(H,25,26)(H,27,28). The second-order valence-electron chi connectivity index (χ2n) is 9.20. The third kappa shape index (κ3) is 5.15. The lowest BCUT2D eigenvalue weighted by molar-refractivity contribution is -0.144. The molecule has 0 radical (unpaired) electrons. The summed E-state index contributed by atoms with van der Waals surface area (Å²) in [6, 6.07) is 6.74. The van der Waals surface area contributed by atoms with Crippen LogP contribution in [0.25, 0.3) is 0 Å². The van der Waals surface area contributed by atoms with Gasteiger partial charge in [0.1, 0.15) is 0 Å². The van der Waals surface area contributed by atoms with E-state index >= 15 is 0 Å². The Kier molecular flexibility index (Phi) is 6.47. The minimum atomic E-state index is -0.608. The molecule has 4 nitrogen and oxygen atoms in total. The van der Waals surface area contributed by atoms with Crippen LogP contribution < -0.4 is 0 Å². The van der Waals surface area contributed by atoms with Gasteiger partial charge in [-0.3, -0.25) is 9.59 Å². The first-order chi connectivity index (χ1) is 13.4. The van der Waals surface area contributed by atoms with E-state index in [0.717, 1.165) is 83.5 Å². The van der Waals surface area contributed by atoms with Gasteiger partial charge in [0, 0.05) is 0 Å². The fraction of sp³-hybridized carbons (Fsp3) is 0.667.